The van der Waals surface area contributed by atoms with E-state index in [0.717, 1.165) is 0 Å². The Hall–Kier alpha value is -2.47. The van der Waals surface area contributed by atoms with Crippen LogP contribution in [0.25, 0.3) is 0 Å². The van der Waals surface area contributed by atoms with Crippen molar-refractivity contribution >= 4 is 23.0 Å². The summed E-state index contributed by atoms with van der Waals surface area (Å²) in [5.74, 6) is -0.117. The maximum atomic E-state index is 10.8. The molecule has 110 valence electrons. The summed E-state index contributed by atoms with van der Waals surface area (Å²) in [6.07, 6.45) is 0. The van der Waals surface area contributed by atoms with E-state index in [1.165, 1.54) is 30.3 Å². The third-order valence-corrected chi connectivity index (χ3v) is 3.34. The standard InChI is InChI=1S/C14H13ClN2O4/c1-8(11-4-3-10(18)7-14(11)19)16-13-6-9(17(20)21)2-5-12(13)15/h2-8,16,18-19H,1H3. The SMILES string of the molecule is CC(Nc1cc([N+](=O)[O-])ccc1Cl)c1ccc(O)cc1O. The van der Waals surface area contributed by atoms with Gasteiger partial charge in [0.1, 0.15) is 11.5 Å². The van der Waals surface area contributed by atoms with E-state index >= 15 is 0 Å². The minimum Gasteiger partial charge on any atom is -0.508 e. The Kier molecular flexibility index (Phi) is 4.18. The van der Waals surface area contributed by atoms with E-state index in [2.05, 4.69) is 5.32 Å². The highest BCUT2D eigenvalue weighted by Gasteiger charge is 2.15. The van der Waals surface area contributed by atoms with Crippen LogP contribution in [0.3, 0.4) is 0 Å². The van der Waals surface area contributed by atoms with Crippen LogP contribution in [0.1, 0.15) is 18.5 Å². The summed E-state index contributed by atoms with van der Waals surface area (Å²) in [7, 11) is 0. The van der Waals surface area contributed by atoms with E-state index in [0.29, 0.717) is 16.3 Å². The van der Waals surface area contributed by atoms with Gasteiger partial charge in [0.25, 0.3) is 5.69 Å². The fraction of sp³-hybridized carbons (Fsp3) is 0.143. The van der Waals surface area contributed by atoms with Gasteiger partial charge in [0, 0.05) is 23.8 Å². The van der Waals surface area contributed by atoms with Gasteiger partial charge in [-0.3, -0.25) is 10.1 Å². The van der Waals surface area contributed by atoms with Crippen molar-refractivity contribution in [2.75, 3.05) is 5.32 Å². The number of non-ortho nitro benzene ring substituents is 1. The fourth-order valence-corrected chi connectivity index (χ4v) is 2.12. The van der Waals surface area contributed by atoms with Gasteiger partial charge >= 0.3 is 0 Å². The summed E-state index contributed by atoms with van der Waals surface area (Å²) in [6, 6.07) is 7.96. The van der Waals surface area contributed by atoms with Crippen molar-refractivity contribution in [1.29, 1.82) is 0 Å². The molecule has 0 heterocycles. The van der Waals surface area contributed by atoms with E-state index in [9.17, 15) is 20.3 Å². The van der Waals surface area contributed by atoms with E-state index in [1.807, 2.05) is 0 Å². The molecule has 1 unspecified atom stereocenters. The molecule has 0 aliphatic heterocycles. The molecule has 2 aromatic carbocycles. The number of phenolic OH excluding ortho intramolecular Hbond substituents is 2. The normalized spacial score (nSPS) is 11.9. The molecule has 0 aromatic heterocycles. The molecule has 0 amide bonds. The number of nitro benzene ring substituents is 1. The quantitative estimate of drug-likeness (QED) is 0.589. The number of phenols is 2. The second-order valence-electron chi connectivity index (χ2n) is 4.53. The van der Waals surface area contributed by atoms with Crippen molar-refractivity contribution in [2.45, 2.75) is 13.0 Å². The highest BCUT2D eigenvalue weighted by atomic mass is 35.5. The second kappa shape index (κ2) is 5.88. The van der Waals surface area contributed by atoms with Crippen molar-refractivity contribution < 1.29 is 15.1 Å². The highest BCUT2D eigenvalue weighted by molar-refractivity contribution is 6.33. The van der Waals surface area contributed by atoms with Crippen molar-refractivity contribution in [1.82, 2.24) is 0 Å². The molecule has 0 aliphatic rings. The first-order chi connectivity index (χ1) is 9.88. The molecular formula is C14H13ClN2O4. The van der Waals surface area contributed by atoms with Crippen LogP contribution in [-0.2, 0) is 0 Å². The van der Waals surface area contributed by atoms with Crippen LogP contribution in [0.5, 0.6) is 11.5 Å². The summed E-state index contributed by atoms with van der Waals surface area (Å²) >= 11 is 6.01. The lowest BCUT2D eigenvalue weighted by atomic mass is 10.1. The second-order valence-corrected chi connectivity index (χ2v) is 4.94. The number of rotatable bonds is 4. The lowest BCUT2D eigenvalue weighted by Gasteiger charge is -2.17. The Morgan fingerprint density at radius 2 is 1.95 bits per heavy atom. The third kappa shape index (κ3) is 3.35. The number of nitrogens with one attached hydrogen (secondary N) is 1. The molecule has 0 aliphatic carbocycles. The molecule has 6 nitrogen and oxygen atoms in total. The highest BCUT2D eigenvalue weighted by Crippen LogP contribution is 2.33. The number of hydrogen-bond acceptors (Lipinski definition) is 5. The Morgan fingerprint density at radius 1 is 1.24 bits per heavy atom. The van der Waals surface area contributed by atoms with Crippen LogP contribution >= 0.6 is 11.6 Å². The zero-order chi connectivity index (χ0) is 15.6. The zero-order valence-corrected chi connectivity index (χ0v) is 11.8. The molecule has 2 aromatic rings. The van der Waals surface area contributed by atoms with Crippen molar-refractivity contribution in [3.05, 3.63) is 57.1 Å². The summed E-state index contributed by atoms with van der Waals surface area (Å²) < 4.78 is 0. The Balaban J connectivity index is 2.28. The zero-order valence-electron chi connectivity index (χ0n) is 11.1. The molecule has 0 radical (unpaired) electrons. The molecular weight excluding hydrogens is 296 g/mol. The van der Waals surface area contributed by atoms with Gasteiger partial charge in [0.2, 0.25) is 0 Å². The van der Waals surface area contributed by atoms with Gasteiger partial charge in [-0.1, -0.05) is 11.6 Å². The summed E-state index contributed by atoms with van der Waals surface area (Å²) in [5, 5.41) is 33.2. The maximum absolute atomic E-state index is 10.8. The molecule has 2 rings (SSSR count). The number of nitrogens with zero attached hydrogens (tertiary/aromatic N) is 1. The fourth-order valence-electron chi connectivity index (χ4n) is 1.95. The minimum atomic E-state index is -0.510. The molecule has 0 fully saturated rings. The number of anilines is 1. The molecule has 0 bridgehead atoms. The van der Waals surface area contributed by atoms with Gasteiger partial charge in [-0.2, -0.15) is 0 Å². The van der Waals surface area contributed by atoms with Crippen LogP contribution in [0, 0.1) is 10.1 Å². The average Bonchev–Trinajstić information content (AvgIpc) is 2.40. The molecule has 3 N–H and O–H groups in total. The average molecular weight is 309 g/mol. The van der Waals surface area contributed by atoms with Crippen molar-refractivity contribution in [3.63, 3.8) is 0 Å². The maximum Gasteiger partial charge on any atom is 0.271 e. The summed E-state index contributed by atoms with van der Waals surface area (Å²) in [4.78, 5) is 10.3. The predicted molar refractivity (Wildman–Crippen MR) is 79.9 cm³/mol. The van der Waals surface area contributed by atoms with Gasteiger partial charge < -0.3 is 15.5 Å². The molecule has 0 spiro atoms. The van der Waals surface area contributed by atoms with Gasteiger partial charge in [-0.05, 0) is 25.1 Å². The first-order valence-electron chi connectivity index (χ1n) is 6.11. The minimum absolute atomic E-state index is 0.0446. The van der Waals surface area contributed by atoms with E-state index in [-0.39, 0.29) is 23.2 Å². The van der Waals surface area contributed by atoms with Crippen LogP contribution in [0.2, 0.25) is 5.02 Å². The predicted octanol–water partition coefficient (Wildman–Crippen LogP) is 3.83. The Labute approximate surface area is 125 Å². The number of nitro groups is 1. The van der Waals surface area contributed by atoms with Crippen LogP contribution in [0.15, 0.2) is 36.4 Å². The third-order valence-electron chi connectivity index (χ3n) is 3.01. The van der Waals surface area contributed by atoms with E-state index in [1.54, 1.807) is 13.0 Å². The lowest BCUT2D eigenvalue weighted by molar-refractivity contribution is -0.384. The van der Waals surface area contributed by atoms with Crippen molar-refractivity contribution in [2.24, 2.45) is 0 Å². The number of halogens is 1. The molecule has 0 saturated heterocycles. The monoisotopic (exact) mass is 308 g/mol. The van der Waals surface area contributed by atoms with Gasteiger partial charge in [-0.25, -0.2) is 0 Å². The summed E-state index contributed by atoms with van der Waals surface area (Å²) in [5.41, 5.74) is 0.852. The largest absolute Gasteiger partial charge is 0.508 e. The topological polar surface area (TPSA) is 95.6 Å². The van der Waals surface area contributed by atoms with Crippen LogP contribution in [-0.4, -0.2) is 15.1 Å². The van der Waals surface area contributed by atoms with E-state index < -0.39 is 4.92 Å². The van der Waals surface area contributed by atoms with Gasteiger partial charge in [0.05, 0.1) is 21.7 Å². The summed E-state index contributed by atoms with van der Waals surface area (Å²) in [6.45, 7) is 1.77. The molecule has 0 saturated carbocycles. The van der Waals surface area contributed by atoms with Crippen LogP contribution < -0.4 is 5.32 Å². The smallest absolute Gasteiger partial charge is 0.271 e. The Bertz CT molecular complexity index is 691. The van der Waals surface area contributed by atoms with E-state index in [4.69, 9.17) is 11.6 Å². The number of benzene rings is 2. The first-order valence-corrected chi connectivity index (χ1v) is 6.48. The van der Waals surface area contributed by atoms with Gasteiger partial charge in [0.15, 0.2) is 0 Å². The van der Waals surface area contributed by atoms with Gasteiger partial charge in [-0.15, -0.1) is 0 Å². The first kappa shape index (κ1) is 14.9. The molecule has 21 heavy (non-hydrogen) atoms. The Morgan fingerprint density at radius 3 is 2.57 bits per heavy atom. The molecule has 1 atom stereocenters. The molecule has 7 heteroatoms. The number of aromatic hydroxyl groups is 2. The lowest BCUT2D eigenvalue weighted by Crippen LogP contribution is -2.07. The number of hydrogen-bond donors (Lipinski definition) is 3. The van der Waals surface area contributed by atoms with Crippen LogP contribution in [0.4, 0.5) is 11.4 Å². The van der Waals surface area contributed by atoms with Crippen molar-refractivity contribution in [3.8, 4) is 11.5 Å².